The third-order valence-corrected chi connectivity index (χ3v) is 2.89. The Bertz CT molecular complexity index is 363. The highest BCUT2D eigenvalue weighted by atomic mass is 16.5. The molecule has 1 heterocycles. The fraction of sp³-hybridized carbons (Fsp3) is 0.636. The molecular weight excluding hydrogens is 204 g/mol. The second kappa shape index (κ2) is 4.65. The molecule has 0 amide bonds. The van der Waals surface area contributed by atoms with Crippen LogP contribution in [-0.2, 0) is 0 Å². The Morgan fingerprint density at radius 2 is 2.19 bits per heavy atom. The van der Waals surface area contributed by atoms with Crippen LogP contribution in [-0.4, -0.2) is 16.1 Å². The van der Waals surface area contributed by atoms with E-state index < -0.39 is 0 Å². The minimum absolute atomic E-state index is 0.280. The Hall–Kier alpha value is -1.36. The monoisotopic (exact) mass is 222 g/mol. The van der Waals surface area contributed by atoms with Crippen LogP contribution in [0.3, 0.4) is 0 Å². The molecule has 5 heteroatoms. The fourth-order valence-electron chi connectivity index (χ4n) is 1.76. The highest BCUT2D eigenvalue weighted by Crippen LogP contribution is 2.32. The van der Waals surface area contributed by atoms with E-state index in [1.807, 2.05) is 0 Å². The molecule has 3 N–H and O–H groups in total. The fourth-order valence-corrected chi connectivity index (χ4v) is 1.76. The second-order valence-corrected chi connectivity index (χ2v) is 4.41. The SMILES string of the molecule is CC(C)c1c(NN)ncnc1OC1CCC1. The zero-order valence-electron chi connectivity index (χ0n) is 9.73. The van der Waals surface area contributed by atoms with Crippen LogP contribution in [0.2, 0.25) is 0 Å². The molecule has 0 bridgehead atoms. The van der Waals surface area contributed by atoms with E-state index in [0.29, 0.717) is 17.8 Å². The summed E-state index contributed by atoms with van der Waals surface area (Å²) in [6.45, 7) is 4.15. The van der Waals surface area contributed by atoms with Crippen LogP contribution in [0.1, 0.15) is 44.6 Å². The molecular formula is C11H18N4O. The Balaban J connectivity index is 2.26. The lowest BCUT2D eigenvalue weighted by Gasteiger charge is -2.27. The molecule has 0 saturated heterocycles. The number of nitrogens with zero attached hydrogens (tertiary/aromatic N) is 2. The summed E-state index contributed by atoms with van der Waals surface area (Å²) in [7, 11) is 0. The first-order valence-corrected chi connectivity index (χ1v) is 5.70. The summed E-state index contributed by atoms with van der Waals surface area (Å²) in [5.74, 6) is 7.04. The van der Waals surface area contributed by atoms with Gasteiger partial charge in [-0.05, 0) is 25.2 Å². The topological polar surface area (TPSA) is 73.1 Å². The first-order valence-electron chi connectivity index (χ1n) is 5.70. The van der Waals surface area contributed by atoms with Crippen LogP contribution in [0.4, 0.5) is 5.82 Å². The molecule has 1 aliphatic rings. The largest absolute Gasteiger partial charge is 0.474 e. The summed E-state index contributed by atoms with van der Waals surface area (Å²) in [4.78, 5) is 8.30. The van der Waals surface area contributed by atoms with Crippen molar-refractivity contribution in [2.75, 3.05) is 5.43 Å². The number of hydrogen-bond donors (Lipinski definition) is 2. The van der Waals surface area contributed by atoms with Gasteiger partial charge in [0, 0.05) is 0 Å². The second-order valence-electron chi connectivity index (χ2n) is 4.41. The summed E-state index contributed by atoms with van der Waals surface area (Å²) in [5.41, 5.74) is 3.55. The van der Waals surface area contributed by atoms with Crippen LogP contribution in [0, 0.1) is 0 Å². The van der Waals surface area contributed by atoms with Crippen LogP contribution in [0.5, 0.6) is 5.88 Å². The van der Waals surface area contributed by atoms with Gasteiger partial charge in [0.1, 0.15) is 12.4 Å². The van der Waals surface area contributed by atoms with Crippen molar-refractivity contribution in [2.45, 2.75) is 45.1 Å². The van der Waals surface area contributed by atoms with Gasteiger partial charge in [0.15, 0.2) is 5.82 Å². The van der Waals surface area contributed by atoms with Crippen molar-refractivity contribution in [1.29, 1.82) is 0 Å². The van der Waals surface area contributed by atoms with Crippen LogP contribution in [0.25, 0.3) is 0 Å². The number of hydrazine groups is 1. The van der Waals surface area contributed by atoms with Crippen molar-refractivity contribution >= 4 is 5.82 Å². The standard InChI is InChI=1S/C11H18N4O/c1-7(2)9-10(15-12)13-6-14-11(9)16-8-4-3-5-8/h6-8H,3-5,12H2,1-2H3,(H,13,14,15). The van der Waals surface area contributed by atoms with Crippen molar-refractivity contribution in [1.82, 2.24) is 9.97 Å². The number of aromatic nitrogens is 2. The molecule has 1 fully saturated rings. The first-order chi connectivity index (χ1) is 7.72. The van der Waals surface area contributed by atoms with Crippen LogP contribution >= 0.6 is 0 Å². The molecule has 0 unspecified atom stereocenters. The van der Waals surface area contributed by atoms with E-state index in [-0.39, 0.29) is 5.92 Å². The minimum Gasteiger partial charge on any atom is -0.474 e. The van der Waals surface area contributed by atoms with Crippen molar-refractivity contribution in [2.24, 2.45) is 5.84 Å². The first kappa shape index (κ1) is 11.1. The number of hydrogen-bond acceptors (Lipinski definition) is 5. The molecule has 0 spiro atoms. The van der Waals surface area contributed by atoms with Gasteiger partial charge in [-0.1, -0.05) is 13.8 Å². The minimum atomic E-state index is 0.280. The lowest BCUT2D eigenvalue weighted by molar-refractivity contribution is 0.113. The van der Waals surface area contributed by atoms with Gasteiger partial charge in [-0.15, -0.1) is 0 Å². The van der Waals surface area contributed by atoms with Gasteiger partial charge in [0.25, 0.3) is 0 Å². The third-order valence-electron chi connectivity index (χ3n) is 2.89. The third kappa shape index (κ3) is 2.09. The average Bonchev–Trinajstić information content (AvgIpc) is 2.22. The van der Waals surface area contributed by atoms with E-state index >= 15 is 0 Å². The van der Waals surface area contributed by atoms with Gasteiger partial charge in [0.05, 0.1) is 5.56 Å². The van der Waals surface area contributed by atoms with Gasteiger partial charge in [0.2, 0.25) is 5.88 Å². The summed E-state index contributed by atoms with van der Waals surface area (Å²) in [6, 6.07) is 0. The molecule has 0 aromatic carbocycles. The lowest BCUT2D eigenvalue weighted by atomic mass is 9.96. The van der Waals surface area contributed by atoms with Crippen molar-refractivity contribution < 1.29 is 4.74 Å². The molecule has 1 aliphatic carbocycles. The molecule has 88 valence electrons. The normalized spacial score (nSPS) is 16.0. The Morgan fingerprint density at radius 3 is 2.69 bits per heavy atom. The Labute approximate surface area is 95.4 Å². The Kier molecular flexibility index (Phi) is 3.24. The summed E-state index contributed by atoms with van der Waals surface area (Å²) >= 11 is 0. The van der Waals surface area contributed by atoms with Crippen LogP contribution < -0.4 is 16.0 Å². The van der Waals surface area contributed by atoms with Gasteiger partial charge in [-0.25, -0.2) is 15.8 Å². The summed E-state index contributed by atoms with van der Waals surface area (Å²) in [5, 5.41) is 0. The van der Waals surface area contributed by atoms with Crippen molar-refractivity contribution in [3.05, 3.63) is 11.9 Å². The van der Waals surface area contributed by atoms with E-state index in [1.54, 1.807) is 0 Å². The summed E-state index contributed by atoms with van der Waals surface area (Å²) in [6.07, 6.45) is 5.28. The van der Waals surface area contributed by atoms with E-state index in [1.165, 1.54) is 12.7 Å². The number of nitrogens with one attached hydrogen (secondary N) is 1. The molecule has 1 aromatic heterocycles. The van der Waals surface area contributed by atoms with Crippen molar-refractivity contribution in [3.8, 4) is 5.88 Å². The zero-order valence-corrected chi connectivity index (χ0v) is 9.73. The molecule has 0 aliphatic heterocycles. The number of rotatable bonds is 4. The van der Waals surface area contributed by atoms with E-state index in [0.717, 1.165) is 18.4 Å². The average molecular weight is 222 g/mol. The number of nitrogens with two attached hydrogens (primary N) is 1. The maximum atomic E-state index is 5.84. The molecule has 16 heavy (non-hydrogen) atoms. The van der Waals surface area contributed by atoms with Gasteiger partial charge in [-0.2, -0.15) is 0 Å². The lowest BCUT2D eigenvalue weighted by Crippen LogP contribution is -2.26. The number of ether oxygens (including phenoxy) is 1. The number of anilines is 1. The predicted molar refractivity (Wildman–Crippen MR) is 62.2 cm³/mol. The molecule has 1 aromatic rings. The van der Waals surface area contributed by atoms with Gasteiger partial charge < -0.3 is 10.2 Å². The van der Waals surface area contributed by atoms with E-state index in [9.17, 15) is 0 Å². The molecule has 0 radical (unpaired) electrons. The maximum Gasteiger partial charge on any atom is 0.222 e. The summed E-state index contributed by atoms with van der Waals surface area (Å²) < 4.78 is 5.84. The van der Waals surface area contributed by atoms with E-state index in [2.05, 4.69) is 29.2 Å². The maximum absolute atomic E-state index is 5.84. The number of nitrogen functional groups attached to an aromatic ring is 1. The highest BCUT2D eigenvalue weighted by Gasteiger charge is 2.23. The van der Waals surface area contributed by atoms with Gasteiger partial charge in [-0.3, -0.25) is 0 Å². The predicted octanol–water partition coefficient (Wildman–Crippen LogP) is 1.82. The smallest absolute Gasteiger partial charge is 0.222 e. The zero-order chi connectivity index (χ0) is 11.5. The van der Waals surface area contributed by atoms with Crippen LogP contribution in [0.15, 0.2) is 6.33 Å². The molecule has 5 nitrogen and oxygen atoms in total. The molecule has 0 atom stereocenters. The van der Waals surface area contributed by atoms with E-state index in [4.69, 9.17) is 10.6 Å². The quantitative estimate of drug-likeness (QED) is 0.600. The van der Waals surface area contributed by atoms with Gasteiger partial charge >= 0.3 is 0 Å². The molecule has 2 rings (SSSR count). The Morgan fingerprint density at radius 1 is 1.44 bits per heavy atom. The van der Waals surface area contributed by atoms with Crippen molar-refractivity contribution in [3.63, 3.8) is 0 Å². The molecule has 1 saturated carbocycles. The highest BCUT2D eigenvalue weighted by molar-refractivity contribution is 5.49.